The van der Waals surface area contributed by atoms with Crippen LogP contribution >= 0.6 is 0 Å². The van der Waals surface area contributed by atoms with Crippen molar-refractivity contribution < 1.29 is 4.79 Å². The predicted octanol–water partition coefficient (Wildman–Crippen LogP) is 2.02. The molecule has 8 nitrogen and oxygen atoms in total. The number of pyridine rings is 2. The average molecular weight is 435 g/mol. The number of nitrogens with zero attached hydrogens (tertiary/aromatic N) is 4. The molecular formula is C24H30N6O2. The Hall–Kier alpha value is -3.18. The van der Waals surface area contributed by atoms with Gasteiger partial charge in [0.05, 0.1) is 5.69 Å². The van der Waals surface area contributed by atoms with E-state index in [1.165, 1.54) is 0 Å². The molecule has 8 heteroatoms. The first-order valence-corrected chi connectivity index (χ1v) is 11.4. The van der Waals surface area contributed by atoms with Gasteiger partial charge in [0.25, 0.3) is 11.5 Å². The zero-order chi connectivity index (χ0) is 22.7. The number of carbonyl (C=O) groups is 1. The molecule has 0 aliphatic carbocycles. The Kier molecular flexibility index (Phi) is 6.56. The molecule has 2 fully saturated rings. The highest BCUT2D eigenvalue weighted by atomic mass is 16.1. The third-order valence-corrected chi connectivity index (χ3v) is 6.82. The highest BCUT2D eigenvalue weighted by Gasteiger charge is 2.32. The molecule has 2 aromatic heterocycles. The zero-order valence-corrected chi connectivity index (χ0v) is 18.7. The minimum Gasteiger partial charge on any atom is -0.369 e. The smallest absolute Gasteiger partial charge is 0.269 e. The Labute approximate surface area is 188 Å². The molecule has 1 atom stereocenters. The number of carbonyl (C=O) groups excluding carboxylic acids is 1. The molecule has 0 spiro atoms. The van der Waals surface area contributed by atoms with Gasteiger partial charge in [0.2, 0.25) is 0 Å². The van der Waals surface area contributed by atoms with Crippen LogP contribution in [-0.2, 0) is 6.42 Å². The van der Waals surface area contributed by atoms with E-state index in [4.69, 9.17) is 0 Å². The van der Waals surface area contributed by atoms with E-state index in [9.17, 15) is 14.9 Å². The number of aromatic amines is 1. The van der Waals surface area contributed by atoms with Gasteiger partial charge in [-0.2, -0.15) is 5.26 Å². The van der Waals surface area contributed by atoms with Gasteiger partial charge in [-0.3, -0.25) is 14.5 Å². The standard InChI is InChI=1S/C24H30N6O2/c1-3-16-4-5-19(28-23(16)31)17-8-11-30(15-17)18-9-12-29(13-10-18)22-7-6-20(24(32)26-2)27-21(22)14-25/h4-7,17-18H,3,8-13,15H2,1-2H3,(H,26,32)(H,28,31). The molecule has 1 amide bonds. The number of aromatic nitrogens is 2. The second-order valence-electron chi connectivity index (χ2n) is 8.58. The van der Waals surface area contributed by atoms with Crippen molar-refractivity contribution in [2.45, 2.75) is 44.6 Å². The van der Waals surface area contributed by atoms with Crippen LogP contribution in [0.1, 0.15) is 59.5 Å². The van der Waals surface area contributed by atoms with Gasteiger partial charge in [-0.25, -0.2) is 4.98 Å². The first-order chi connectivity index (χ1) is 15.5. The number of nitriles is 1. The van der Waals surface area contributed by atoms with Crippen molar-refractivity contribution >= 4 is 11.6 Å². The van der Waals surface area contributed by atoms with Gasteiger partial charge in [-0.05, 0) is 50.4 Å². The monoisotopic (exact) mass is 434 g/mol. The summed E-state index contributed by atoms with van der Waals surface area (Å²) in [5, 5.41) is 12.1. The van der Waals surface area contributed by atoms with Gasteiger partial charge in [0, 0.05) is 49.9 Å². The van der Waals surface area contributed by atoms with Crippen molar-refractivity contribution in [3.8, 4) is 6.07 Å². The third kappa shape index (κ3) is 4.39. The minimum atomic E-state index is -0.291. The minimum absolute atomic E-state index is 0.0427. The van der Waals surface area contributed by atoms with Gasteiger partial charge in [-0.15, -0.1) is 0 Å². The summed E-state index contributed by atoms with van der Waals surface area (Å²) in [6, 6.07) is 10.2. The van der Waals surface area contributed by atoms with Crippen LogP contribution in [0, 0.1) is 11.3 Å². The molecule has 0 saturated carbocycles. The molecule has 4 heterocycles. The lowest BCUT2D eigenvalue weighted by molar-refractivity contribution is 0.0958. The van der Waals surface area contributed by atoms with Gasteiger partial charge >= 0.3 is 0 Å². The molecule has 0 radical (unpaired) electrons. The molecular weight excluding hydrogens is 404 g/mol. The second kappa shape index (κ2) is 9.53. The maximum absolute atomic E-state index is 12.2. The quantitative estimate of drug-likeness (QED) is 0.746. The molecule has 0 aromatic carbocycles. The summed E-state index contributed by atoms with van der Waals surface area (Å²) < 4.78 is 0. The fourth-order valence-electron chi connectivity index (χ4n) is 4.92. The summed E-state index contributed by atoms with van der Waals surface area (Å²) in [6.45, 7) is 5.71. The van der Waals surface area contributed by atoms with Crippen molar-refractivity contribution in [2.75, 3.05) is 38.1 Å². The number of rotatable bonds is 5. The number of likely N-dealkylation sites (tertiary alicyclic amines) is 1. The summed E-state index contributed by atoms with van der Waals surface area (Å²) in [4.78, 5) is 36.1. The molecule has 2 saturated heterocycles. The molecule has 32 heavy (non-hydrogen) atoms. The fraction of sp³-hybridized carbons (Fsp3) is 0.500. The second-order valence-corrected chi connectivity index (χ2v) is 8.58. The third-order valence-electron chi connectivity index (χ3n) is 6.82. The van der Waals surface area contributed by atoms with E-state index < -0.39 is 0 Å². The summed E-state index contributed by atoms with van der Waals surface area (Å²) in [7, 11) is 1.55. The number of aryl methyl sites for hydroxylation is 1. The van der Waals surface area contributed by atoms with E-state index in [-0.39, 0.29) is 17.2 Å². The normalized spacial score (nSPS) is 19.7. The van der Waals surface area contributed by atoms with Crippen LogP contribution in [0.4, 0.5) is 5.69 Å². The molecule has 168 valence electrons. The van der Waals surface area contributed by atoms with Gasteiger partial charge < -0.3 is 15.2 Å². The highest BCUT2D eigenvalue weighted by Crippen LogP contribution is 2.31. The lowest BCUT2D eigenvalue weighted by atomic mass is 10.0. The summed E-state index contributed by atoms with van der Waals surface area (Å²) in [5.74, 6) is 0.0827. The summed E-state index contributed by atoms with van der Waals surface area (Å²) in [5.41, 5.74) is 3.28. The Morgan fingerprint density at radius 2 is 2.00 bits per heavy atom. The van der Waals surface area contributed by atoms with Crippen LogP contribution in [0.3, 0.4) is 0 Å². The van der Waals surface area contributed by atoms with Gasteiger partial charge in [0.15, 0.2) is 5.69 Å². The SMILES string of the molecule is CCc1ccc(C2CCN(C3CCN(c4ccc(C(=O)NC)nc4C#N)CC3)C2)[nH]c1=O. The van der Waals surface area contributed by atoms with Crippen LogP contribution in [0.5, 0.6) is 0 Å². The number of amides is 1. The summed E-state index contributed by atoms with van der Waals surface area (Å²) in [6.07, 6.45) is 3.84. The van der Waals surface area contributed by atoms with Crippen LogP contribution in [0.25, 0.3) is 0 Å². The predicted molar refractivity (Wildman–Crippen MR) is 123 cm³/mol. The lowest BCUT2D eigenvalue weighted by Gasteiger charge is -2.38. The number of nitrogens with one attached hydrogen (secondary N) is 2. The number of hydrogen-bond acceptors (Lipinski definition) is 6. The van der Waals surface area contributed by atoms with Crippen LogP contribution in [0.2, 0.25) is 0 Å². The maximum Gasteiger partial charge on any atom is 0.269 e. The zero-order valence-electron chi connectivity index (χ0n) is 18.7. The van der Waals surface area contributed by atoms with Crippen molar-refractivity contribution in [3.63, 3.8) is 0 Å². The molecule has 4 rings (SSSR count). The maximum atomic E-state index is 12.2. The van der Waals surface area contributed by atoms with Crippen LogP contribution < -0.4 is 15.8 Å². The number of anilines is 1. The molecule has 1 unspecified atom stereocenters. The van der Waals surface area contributed by atoms with E-state index in [0.717, 1.165) is 68.8 Å². The molecule has 2 aliphatic rings. The number of hydrogen-bond donors (Lipinski definition) is 2. The van der Waals surface area contributed by atoms with E-state index in [1.807, 2.05) is 19.1 Å². The van der Waals surface area contributed by atoms with E-state index in [2.05, 4.69) is 37.2 Å². The Bertz CT molecular complexity index is 1080. The molecule has 2 N–H and O–H groups in total. The molecule has 2 aromatic rings. The lowest BCUT2D eigenvalue weighted by Crippen LogP contribution is -2.44. The molecule has 2 aliphatic heterocycles. The molecule has 0 bridgehead atoms. The number of piperidine rings is 1. The van der Waals surface area contributed by atoms with Crippen LogP contribution in [-0.4, -0.2) is 60.0 Å². The number of H-pyrrole nitrogens is 1. The topological polar surface area (TPSA) is 105 Å². The Morgan fingerprint density at radius 1 is 1.22 bits per heavy atom. The van der Waals surface area contributed by atoms with E-state index in [1.54, 1.807) is 13.1 Å². The van der Waals surface area contributed by atoms with Crippen molar-refractivity contribution in [1.82, 2.24) is 20.2 Å². The Morgan fingerprint density at radius 3 is 2.66 bits per heavy atom. The largest absolute Gasteiger partial charge is 0.369 e. The van der Waals surface area contributed by atoms with Crippen molar-refractivity contribution in [2.24, 2.45) is 0 Å². The Balaban J connectivity index is 1.37. The fourth-order valence-corrected chi connectivity index (χ4v) is 4.92. The summed E-state index contributed by atoms with van der Waals surface area (Å²) >= 11 is 0. The van der Waals surface area contributed by atoms with Crippen LogP contribution in [0.15, 0.2) is 29.1 Å². The van der Waals surface area contributed by atoms with Crippen molar-refractivity contribution in [3.05, 3.63) is 57.3 Å². The van der Waals surface area contributed by atoms with Gasteiger partial charge in [0.1, 0.15) is 11.8 Å². The van der Waals surface area contributed by atoms with Crippen molar-refractivity contribution in [1.29, 1.82) is 5.26 Å². The van der Waals surface area contributed by atoms with E-state index >= 15 is 0 Å². The first kappa shape index (κ1) is 22.0. The van der Waals surface area contributed by atoms with E-state index in [0.29, 0.717) is 17.7 Å². The van der Waals surface area contributed by atoms with Gasteiger partial charge in [-0.1, -0.05) is 13.0 Å². The average Bonchev–Trinajstić information content (AvgIpc) is 3.33. The first-order valence-electron chi connectivity index (χ1n) is 11.4. The highest BCUT2D eigenvalue weighted by molar-refractivity contribution is 5.92.